The first kappa shape index (κ1) is 20.4. The maximum atomic E-state index is 12.8. The molecule has 0 saturated carbocycles. The number of hydrogen-bond acceptors (Lipinski definition) is 5. The second-order valence-electron chi connectivity index (χ2n) is 6.70. The summed E-state index contributed by atoms with van der Waals surface area (Å²) in [5.41, 5.74) is 1.05. The number of nitrogens with one attached hydrogen (secondary N) is 1. The topological polar surface area (TPSA) is 86.6 Å². The number of aromatic nitrogens is 3. The van der Waals surface area contributed by atoms with Crippen LogP contribution < -0.4 is 10.5 Å². The van der Waals surface area contributed by atoms with Crippen molar-refractivity contribution in [2.75, 3.05) is 31.1 Å². The number of carbonyl (C=O) groups excluding carboxylic acids is 1. The summed E-state index contributed by atoms with van der Waals surface area (Å²) in [6.45, 7) is 2.26. The standard InChI is InChI=1S/C20H18BrClN6O2/c21-17-7-2-1-4-14(17)13-23-28-20(30)18(24-25-28)19(29)27-10-8-26(9-11-27)16-6-3-5-15(22)12-16/h1-7,12-13,25H,8-11H2. The van der Waals surface area contributed by atoms with Crippen LogP contribution in [0.2, 0.25) is 5.02 Å². The molecule has 0 atom stereocenters. The van der Waals surface area contributed by atoms with Crippen molar-refractivity contribution in [3.8, 4) is 0 Å². The van der Waals surface area contributed by atoms with Crippen LogP contribution in [0.5, 0.6) is 0 Å². The highest BCUT2D eigenvalue weighted by atomic mass is 79.9. The van der Waals surface area contributed by atoms with E-state index in [1.165, 1.54) is 6.21 Å². The normalized spacial score (nSPS) is 14.5. The van der Waals surface area contributed by atoms with Gasteiger partial charge in [0.2, 0.25) is 5.69 Å². The molecule has 0 aliphatic carbocycles. The molecule has 1 saturated heterocycles. The van der Waals surface area contributed by atoms with E-state index in [1.54, 1.807) is 4.90 Å². The number of hydrogen-bond donors (Lipinski definition) is 1. The molecule has 1 N–H and O–H groups in total. The number of halogens is 2. The van der Waals surface area contributed by atoms with Crippen LogP contribution in [0, 0.1) is 0 Å². The third kappa shape index (κ3) is 4.31. The van der Waals surface area contributed by atoms with E-state index in [2.05, 4.69) is 36.2 Å². The molecule has 154 valence electrons. The number of piperazine rings is 1. The highest BCUT2D eigenvalue weighted by Crippen LogP contribution is 2.21. The Morgan fingerprint density at radius 1 is 1.13 bits per heavy atom. The lowest BCUT2D eigenvalue weighted by molar-refractivity contribution is 0.0739. The van der Waals surface area contributed by atoms with Crippen LogP contribution in [-0.2, 0) is 0 Å². The zero-order valence-corrected chi connectivity index (χ0v) is 18.2. The van der Waals surface area contributed by atoms with E-state index in [4.69, 9.17) is 11.6 Å². The molecule has 8 nitrogen and oxygen atoms in total. The maximum absolute atomic E-state index is 12.8. The first-order valence-electron chi connectivity index (χ1n) is 9.29. The summed E-state index contributed by atoms with van der Waals surface area (Å²) in [6, 6.07) is 15.1. The minimum Gasteiger partial charge on any atom is -0.368 e. The molecule has 0 bridgehead atoms. The van der Waals surface area contributed by atoms with E-state index in [1.807, 2.05) is 48.5 Å². The highest BCUT2D eigenvalue weighted by Gasteiger charge is 2.26. The fourth-order valence-corrected chi connectivity index (χ4v) is 3.77. The average Bonchev–Trinajstić information content (AvgIpc) is 3.13. The molecule has 1 aliphatic heterocycles. The molecule has 4 rings (SSSR count). The molecule has 2 aromatic carbocycles. The van der Waals surface area contributed by atoms with Crippen LogP contribution in [-0.4, -0.2) is 58.3 Å². The monoisotopic (exact) mass is 488 g/mol. The molecule has 1 aliphatic rings. The molecule has 1 fully saturated rings. The van der Waals surface area contributed by atoms with Crippen molar-refractivity contribution < 1.29 is 4.79 Å². The van der Waals surface area contributed by atoms with Gasteiger partial charge in [0.25, 0.3) is 5.91 Å². The lowest BCUT2D eigenvalue weighted by Gasteiger charge is -2.35. The Labute approximate surface area is 185 Å². The SMILES string of the molecule is O=C(c1n[nH]n(N=Cc2ccccc2Br)c1=O)N1CCN(c2cccc(Cl)c2)CC1. The summed E-state index contributed by atoms with van der Waals surface area (Å²) in [5.74, 6) is -0.406. The number of anilines is 1. The number of nitrogens with zero attached hydrogens (tertiary/aromatic N) is 5. The second-order valence-corrected chi connectivity index (χ2v) is 7.99. The van der Waals surface area contributed by atoms with Gasteiger partial charge in [0.15, 0.2) is 0 Å². The van der Waals surface area contributed by atoms with E-state index in [9.17, 15) is 9.59 Å². The van der Waals surface area contributed by atoms with Crippen LogP contribution in [0.3, 0.4) is 0 Å². The van der Waals surface area contributed by atoms with Gasteiger partial charge in [-0.25, -0.2) is 0 Å². The van der Waals surface area contributed by atoms with Crippen molar-refractivity contribution in [3.63, 3.8) is 0 Å². The third-order valence-corrected chi connectivity index (χ3v) is 5.77. The van der Waals surface area contributed by atoms with Crippen molar-refractivity contribution in [2.24, 2.45) is 5.10 Å². The molecule has 1 aromatic heterocycles. The predicted octanol–water partition coefficient (Wildman–Crippen LogP) is 2.83. The van der Waals surface area contributed by atoms with Gasteiger partial charge in [-0.1, -0.05) is 51.8 Å². The van der Waals surface area contributed by atoms with E-state index in [0.29, 0.717) is 31.2 Å². The van der Waals surface area contributed by atoms with Crippen LogP contribution in [0.1, 0.15) is 16.1 Å². The van der Waals surface area contributed by atoms with Gasteiger partial charge in [0.05, 0.1) is 6.21 Å². The van der Waals surface area contributed by atoms with E-state index >= 15 is 0 Å². The lowest BCUT2D eigenvalue weighted by Crippen LogP contribution is -2.49. The molecule has 2 heterocycles. The van der Waals surface area contributed by atoms with Crippen LogP contribution >= 0.6 is 27.5 Å². The number of amides is 1. The van der Waals surface area contributed by atoms with Crippen LogP contribution in [0.25, 0.3) is 0 Å². The van der Waals surface area contributed by atoms with Gasteiger partial charge in [-0.15, -0.1) is 9.89 Å². The summed E-state index contributed by atoms with van der Waals surface area (Å²) in [6.07, 6.45) is 1.52. The van der Waals surface area contributed by atoms with Gasteiger partial charge in [-0.2, -0.15) is 10.3 Å². The minimum absolute atomic E-state index is 0.171. The smallest absolute Gasteiger partial charge is 0.320 e. The largest absolute Gasteiger partial charge is 0.368 e. The number of H-pyrrole nitrogens is 1. The van der Waals surface area contributed by atoms with Gasteiger partial charge in [0, 0.05) is 46.9 Å². The van der Waals surface area contributed by atoms with Gasteiger partial charge in [-0.3, -0.25) is 9.59 Å². The fourth-order valence-electron chi connectivity index (χ4n) is 3.20. The molecule has 1 amide bonds. The highest BCUT2D eigenvalue weighted by molar-refractivity contribution is 9.10. The Hall–Kier alpha value is -2.91. The fraction of sp³-hybridized carbons (Fsp3) is 0.200. The van der Waals surface area contributed by atoms with Crippen LogP contribution in [0.4, 0.5) is 5.69 Å². The first-order chi connectivity index (χ1) is 14.5. The Morgan fingerprint density at radius 3 is 2.63 bits per heavy atom. The third-order valence-electron chi connectivity index (χ3n) is 4.81. The Kier molecular flexibility index (Phi) is 6.01. The van der Waals surface area contributed by atoms with Crippen LogP contribution in [0.15, 0.2) is 62.9 Å². The summed E-state index contributed by atoms with van der Waals surface area (Å²) in [7, 11) is 0. The van der Waals surface area contributed by atoms with E-state index < -0.39 is 11.5 Å². The summed E-state index contributed by atoms with van der Waals surface area (Å²) in [5, 5.41) is 11.1. The van der Waals surface area contributed by atoms with Gasteiger partial charge < -0.3 is 9.80 Å². The maximum Gasteiger partial charge on any atom is 0.320 e. The van der Waals surface area contributed by atoms with E-state index in [0.717, 1.165) is 20.5 Å². The molecule has 10 heteroatoms. The van der Waals surface area contributed by atoms with E-state index in [-0.39, 0.29) is 5.69 Å². The Morgan fingerprint density at radius 2 is 1.90 bits per heavy atom. The predicted molar refractivity (Wildman–Crippen MR) is 120 cm³/mol. The minimum atomic E-state index is -0.583. The number of benzene rings is 2. The van der Waals surface area contributed by atoms with Gasteiger partial charge in [-0.05, 0) is 24.3 Å². The molecule has 0 radical (unpaired) electrons. The van der Waals surface area contributed by atoms with Crippen molar-refractivity contribution in [1.29, 1.82) is 0 Å². The average molecular weight is 490 g/mol. The number of rotatable bonds is 4. The van der Waals surface area contributed by atoms with Gasteiger partial charge >= 0.3 is 5.56 Å². The molecular formula is C20H18BrClN6O2. The van der Waals surface area contributed by atoms with Gasteiger partial charge in [0.1, 0.15) is 0 Å². The number of aromatic amines is 1. The Balaban J connectivity index is 1.43. The van der Waals surface area contributed by atoms with Crippen molar-refractivity contribution in [2.45, 2.75) is 0 Å². The first-order valence-corrected chi connectivity index (χ1v) is 10.5. The van der Waals surface area contributed by atoms with Crippen molar-refractivity contribution >= 4 is 45.3 Å². The zero-order chi connectivity index (χ0) is 21.1. The Bertz CT molecular complexity index is 1150. The molecule has 0 unspecified atom stereocenters. The lowest BCUT2D eigenvalue weighted by atomic mass is 10.2. The summed E-state index contributed by atoms with van der Waals surface area (Å²) < 4.78 is 0.843. The summed E-state index contributed by atoms with van der Waals surface area (Å²) >= 11 is 9.48. The van der Waals surface area contributed by atoms with Crippen molar-refractivity contribution in [3.05, 3.63) is 79.6 Å². The molecule has 3 aromatic rings. The second kappa shape index (κ2) is 8.85. The quantitative estimate of drug-likeness (QED) is 0.571. The zero-order valence-electron chi connectivity index (χ0n) is 15.8. The van der Waals surface area contributed by atoms with Crippen molar-refractivity contribution in [1.82, 2.24) is 20.0 Å². The molecule has 0 spiro atoms. The number of carbonyl (C=O) groups is 1. The summed E-state index contributed by atoms with van der Waals surface area (Å²) in [4.78, 5) is 30.1. The molecule has 30 heavy (non-hydrogen) atoms. The molecular weight excluding hydrogens is 472 g/mol.